The average Bonchev–Trinajstić information content (AvgIpc) is 2.45. The minimum atomic E-state index is 0.240. The predicted octanol–water partition coefficient (Wildman–Crippen LogP) is 2.06. The fraction of sp³-hybridized carbons (Fsp3) is 0.688. The van der Waals surface area contributed by atoms with Gasteiger partial charge >= 0.3 is 0 Å². The summed E-state index contributed by atoms with van der Waals surface area (Å²) < 4.78 is 0. The van der Waals surface area contributed by atoms with Crippen LogP contribution in [0.2, 0.25) is 0 Å². The zero-order valence-corrected chi connectivity index (χ0v) is 12.7. The van der Waals surface area contributed by atoms with Crippen molar-refractivity contribution in [2.24, 2.45) is 5.92 Å². The number of piperidine rings is 1. The van der Waals surface area contributed by atoms with Gasteiger partial charge in [-0.15, -0.1) is 0 Å². The summed E-state index contributed by atoms with van der Waals surface area (Å²) >= 11 is 0. The van der Waals surface area contributed by atoms with Crippen molar-refractivity contribution >= 4 is 11.9 Å². The molecule has 0 atom stereocenters. The Morgan fingerprint density at radius 1 is 1.24 bits per heavy atom. The topological polar surface area (TPSA) is 58.1 Å². The number of aryl methyl sites for hydroxylation is 1. The van der Waals surface area contributed by atoms with Crippen LogP contribution in [-0.4, -0.2) is 35.0 Å². The molecule has 0 spiro atoms. The number of nitrogens with one attached hydrogen (secondary N) is 1. The summed E-state index contributed by atoms with van der Waals surface area (Å²) in [4.78, 5) is 22.9. The van der Waals surface area contributed by atoms with Gasteiger partial charge in [0.15, 0.2) is 0 Å². The summed E-state index contributed by atoms with van der Waals surface area (Å²) in [6.45, 7) is 3.89. The Kier molecular flexibility index (Phi) is 4.36. The van der Waals surface area contributed by atoms with Crippen LogP contribution >= 0.6 is 0 Å². The van der Waals surface area contributed by atoms with Crippen LogP contribution < -0.4 is 10.2 Å². The van der Waals surface area contributed by atoms with E-state index in [-0.39, 0.29) is 5.91 Å². The van der Waals surface area contributed by atoms with Gasteiger partial charge < -0.3 is 10.2 Å². The average molecular weight is 288 g/mol. The number of aromatic nitrogens is 2. The van der Waals surface area contributed by atoms with Crippen LogP contribution in [0.4, 0.5) is 5.95 Å². The summed E-state index contributed by atoms with van der Waals surface area (Å²) in [6.07, 6.45) is 10.1. The van der Waals surface area contributed by atoms with E-state index < -0.39 is 0 Å². The van der Waals surface area contributed by atoms with E-state index in [2.05, 4.69) is 20.2 Å². The van der Waals surface area contributed by atoms with Crippen molar-refractivity contribution in [3.8, 4) is 0 Å². The minimum Gasteiger partial charge on any atom is -0.353 e. The second-order valence-electron chi connectivity index (χ2n) is 6.39. The largest absolute Gasteiger partial charge is 0.353 e. The summed E-state index contributed by atoms with van der Waals surface area (Å²) in [5, 5.41) is 3.14. The predicted molar refractivity (Wildman–Crippen MR) is 82.1 cm³/mol. The van der Waals surface area contributed by atoms with Gasteiger partial charge in [-0.05, 0) is 50.5 Å². The zero-order chi connectivity index (χ0) is 14.7. The van der Waals surface area contributed by atoms with E-state index in [1.54, 1.807) is 0 Å². The fourth-order valence-electron chi connectivity index (χ4n) is 2.99. The molecular weight excluding hydrogens is 264 g/mol. The molecule has 1 saturated heterocycles. The first-order chi connectivity index (χ1) is 10.2. The Hall–Kier alpha value is -1.65. The van der Waals surface area contributed by atoms with Gasteiger partial charge in [0.2, 0.25) is 11.9 Å². The number of carbonyl (C=O) groups excluding carboxylic acids is 1. The molecule has 1 saturated carbocycles. The van der Waals surface area contributed by atoms with Crippen molar-refractivity contribution in [2.75, 3.05) is 18.0 Å². The molecule has 0 bridgehead atoms. The number of hydrogen-bond acceptors (Lipinski definition) is 4. The Morgan fingerprint density at radius 3 is 2.48 bits per heavy atom. The third kappa shape index (κ3) is 3.71. The van der Waals surface area contributed by atoms with Crippen LogP contribution in [0.15, 0.2) is 12.4 Å². The highest BCUT2D eigenvalue weighted by Crippen LogP contribution is 2.24. The van der Waals surface area contributed by atoms with E-state index in [1.807, 2.05) is 19.3 Å². The number of rotatable bonds is 4. The maximum atomic E-state index is 12.0. The van der Waals surface area contributed by atoms with Crippen LogP contribution in [0.5, 0.6) is 0 Å². The molecule has 21 heavy (non-hydrogen) atoms. The summed E-state index contributed by atoms with van der Waals surface area (Å²) in [6, 6.07) is 0.457. The molecule has 5 nitrogen and oxygen atoms in total. The highest BCUT2D eigenvalue weighted by Gasteiger charge is 2.25. The summed E-state index contributed by atoms with van der Waals surface area (Å²) in [5.74, 6) is 1.56. The van der Waals surface area contributed by atoms with Crippen LogP contribution in [0.3, 0.4) is 0 Å². The molecule has 1 aromatic rings. The third-order valence-corrected chi connectivity index (χ3v) is 4.61. The van der Waals surface area contributed by atoms with Crippen molar-refractivity contribution in [3.63, 3.8) is 0 Å². The smallest absolute Gasteiger partial charge is 0.225 e. The van der Waals surface area contributed by atoms with E-state index in [0.717, 1.165) is 50.3 Å². The van der Waals surface area contributed by atoms with Crippen molar-refractivity contribution in [3.05, 3.63) is 18.0 Å². The van der Waals surface area contributed by atoms with Crippen LogP contribution in [-0.2, 0) is 4.79 Å². The van der Waals surface area contributed by atoms with E-state index in [9.17, 15) is 4.79 Å². The maximum Gasteiger partial charge on any atom is 0.225 e. The number of amides is 1. The lowest BCUT2D eigenvalue weighted by Crippen LogP contribution is -2.41. The molecule has 1 aromatic heterocycles. The Labute approximate surface area is 126 Å². The monoisotopic (exact) mass is 288 g/mol. The minimum absolute atomic E-state index is 0.240. The molecule has 0 aromatic carbocycles. The number of hydrogen-bond donors (Lipinski definition) is 1. The number of nitrogens with zero attached hydrogens (tertiary/aromatic N) is 3. The first-order valence-electron chi connectivity index (χ1n) is 8.03. The molecule has 2 heterocycles. The van der Waals surface area contributed by atoms with Crippen molar-refractivity contribution in [1.82, 2.24) is 15.3 Å². The van der Waals surface area contributed by atoms with Gasteiger partial charge in [-0.1, -0.05) is 0 Å². The molecule has 5 heteroatoms. The Balaban J connectivity index is 1.44. The maximum absolute atomic E-state index is 12.0. The molecular formula is C16H24N4O. The van der Waals surface area contributed by atoms with Crippen LogP contribution in [0.25, 0.3) is 0 Å². The van der Waals surface area contributed by atoms with Gasteiger partial charge in [0.25, 0.3) is 0 Å². The molecule has 1 aliphatic carbocycles. The first kappa shape index (κ1) is 14.3. The lowest BCUT2D eigenvalue weighted by molar-refractivity contribution is -0.123. The first-order valence-corrected chi connectivity index (χ1v) is 8.03. The zero-order valence-electron chi connectivity index (χ0n) is 12.7. The second-order valence-corrected chi connectivity index (χ2v) is 6.39. The van der Waals surface area contributed by atoms with Crippen LogP contribution in [0.1, 0.15) is 44.1 Å². The quantitative estimate of drug-likeness (QED) is 0.921. The van der Waals surface area contributed by atoms with E-state index in [4.69, 9.17) is 0 Å². The Bertz CT molecular complexity index is 476. The normalized spacial score (nSPS) is 20.1. The molecule has 0 unspecified atom stereocenters. The van der Waals surface area contributed by atoms with Gasteiger partial charge in [-0.3, -0.25) is 4.79 Å². The Morgan fingerprint density at radius 2 is 1.90 bits per heavy atom. The van der Waals surface area contributed by atoms with E-state index >= 15 is 0 Å². The molecule has 1 amide bonds. The van der Waals surface area contributed by atoms with Crippen LogP contribution in [0, 0.1) is 12.8 Å². The molecule has 1 N–H and O–H groups in total. The summed E-state index contributed by atoms with van der Waals surface area (Å²) in [5.41, 5.74) is 1.08. The molecule has 0 radical (unpaired) electrons. The van der Waals surface area contributed by atoms with Gasteiger partial charge in [-0.25, -0.2) is 9.97 Å². The van der Waals surface area contributed by atoms with Gasteiger partial charge in [0, 0.05) is 37.9 Å². The molecule has 3 rings (SSSR count). The standard InChI is InChI=1S/C16H24N4O/c1-12-10-17-16(18-11-12)20-7-5-13(6-8-20)9-15(21)19-14-3-2-4-14/h10-11,13-14H,2-9H2,1H3,(H,19,21). The molecule has 2 fully saturated rings. The molecule has 1 aliphatic heterocycles. The van der Waals surface area contributed by atoms with E-state index in [0.29, 0.717) is 18.4 Å². The third-order valence-electron chi connectivity index (χ3n) is 4.61. The lowest BCUT2D eigenvalue weighted by Gasteiger charge is -2.32. The second kappa shape index (κ2) is 6.41. The van der Waals surface area contributed by atoms with Gasteiger partial charge in [0.1, 0.15) is 0 Å². The van der Waals surface area contributed by atoms with Crippen molar-refractivity contribution < 1.29 is 4.79 Å². The SMILES string of the molecule is Cc1cnc(N2CCC(CC(=O)NC3CCC3)CC2)nc1. The van der Waals surface area contributed by atoms with Gasteiger partial charge in [-0.2, -0.15) is 0 Å². The van der Waals surface area contributed by atoms with Crippen molar-refractivity contribution in [2.45, 2.75) is 51.5 Å². The van der Waals surface area contributed by atoms with E-state index in [1.165, 1.54) is 6.42 Å². The van der Waals surface area contributed by atoms with Gasteiger partial charge in [0.05, 0.1) is 0 Å². The highest BCUT2D eigenvalue weighted by molar-refractivity contribution is 5.76. The lowest BCUT2D eigenvalue weighted by atomic mass is 9.91. The van der Waals surface area contributed by atoms with Crippen molar-refractivity contribution in [1.29, 1.82) is 0 Å². The fourth-order valence-corrected chi connectivity index (χ4v) is 2.99. The molecule has 114 valence electrons. The number of carbonyl (C=O) groups is 1. The highest BCUT2D eigenvalue weighted by atomic mass is 16.1. The summed E-state index contributed by atoms with van der Waals surface area (Å²) in [7, 11) is 0. The number of anilines is 1. The molecule has 2 aliphatic rings.